The van der Waals surface area contributed by atoms with Crippen molar-refractivity contribution in [3.05, 3.63) is 72.3 Å². The number of carbonyl (C=O) groups excluding carboxylic acids is 2. The predicted octanol–water partition coefficient (Wildman–Crippen LogP) is 2.03. The number of benzene rings is 2. The summed E-state index contributed by atoms with van der Waals surface area (Å²) < 4.78 is 11.1. The van der Waals surface area contributed by atoms with Crippen molar-refractivity contribution >= 4 is 18.0 Å². The Labute approximate surface area is 157 Å². The fourth-order valence-electron chi connectivity index (χ4n) is 2.08. The van der Waals surface area contributed by atoms with Crippen LogP contribution in [0, 0.1) is 0 Å². The third-order valence-corrected chi connectivity index (χ3v) is 3.42. The van der Waals surface area contributed by atoms with Crippen molar-refractivity contribution in [3.63, 3.8) is 0 Å². The van der Waals surface area contributed by atoms with E-state index in [0.717, 1.165) is 5.56 Å². The summed E-state index contributed by atoms with van der Waals surface area (Å²) in [6.07, 6.45) is 2.88. The molecular formula is C20H21N3O4. The first kappa shape index (κ1) is 19.7. The van der Waals surface area contributed by atoms with Crippen molar-refractivity contribution in [2.45, 2.75) is 6.61 Å². The Kier molecular flexibility index (Phi) is 7.59. The SMILES string of the molecule is C=CCNC(=O)C(=O)N/N=C\c1ccc(OCc2ccccc2)c(OC)c1. The molecule has 0 radical (unpaired) electrons. The fraction of sp³-hybridized carbons (Fsp3) is 0.150. The molecule has 0 heterocycles. The number of hydrogen-bond donors (Lipinski definition) is 2. The number of amides is 2. The summed E-state index contributed by atoms with van der Waals surface area (Å²) in [6, 6.07) is 15.0. The Balaban J connectivity index is 1.95. The summed E-state index contributed by atoms with van der Waals surface area (Å²) in [7, 11) is 1.54. The lowest BCUT2D eigenvalue weighted by Crippen LogP contribution is -2.37. The molecular weight excluding hydrogens is 346 g/mol. The second-order valence-electron chi connectivity index (χ2n) is 5.38. The highest BCUT2D eigenvalue weighted by Crippen LogP contribution is 2.28. The first-order valence-electron chi connectivity index (χ1n) is 8.21. The lowest BCUT2D eigenvalue weighted by Gasteiger charge is -2.11. The van der Waals surface area contributed by atoms with E-state index >= 15 is 0 Å². The van der Waals surface area contributed by atoms with Gasteiger partial charge in [-0.05, 0) is 29.3 Å². The second-order valence-corrected chi connectivity index (χ2v) is 5.38. The highest BCUT2D eigenvalue weighted by molar-refractivity contribution is 6.35. The molecule has 0 fully saturated rings. The summed E-state index contributed by atoms with van der Waals surface area (Å²) in [6.45, 7) is 4.07. The Morgan fingerprint density at radius 2 is 1.89 bits per heavy atom. The van der Waals surface area contributed by atoms with Crippen molar-refractivity contribution in [2.24, 2.45) is 5.10 Å². The molecule has 140 valence electrons. The van der Waals surface area contributed by atoms with Gasteiger partial charge in [0.05, 0.1) is 13.3 Å². The van der Waals surface area contributed by atoms with Crippen molar-refractivity contribution in [1.82, 2.24) is 10.7 Å². The average molecular weight is 367 g/mol. The Bertz CT molecular complexity index is 819. The first-order chi connectivity index (χ1) is 13.1. The van der Waals surface area contributed by atoms with Gasteiger partial charge in [0.2, 0.25) is 0 Å². The molecule has 0 aliphatic carbocycles. The molecule has 0 unspecified atom stereocenters. The van der Waals surface area contributed by atoms with Crippen LogP contribution in [-0.4, -0.2) is 31.7 Å². The lowest BCUT2D eigenvalue weighted by atomic mass is 10.2. The first-order valence-corrected chi connectivity index (χ1v) is 8.21. The van der Waals surface area contributed by atoms with Gasteiger partial charge in [-0.2, -0.15) is 5.10 Å². The van der Waals surface area contributed by atoms with E-state index in [4.69, 9.17) is 9.47 Å². The van der Waals surface area contributed by atoms with E-state index in [0.29, 0.717) is 23.7 Å². The molecule has 0 aliphatic heterocycles. The van der Waals surface area contributed by atoms with E-state index in [-0.39, 0.29) is 6.54 Å². The third kappa shape index (κ3) is 6.32. The van der Waals surface area contributed by atoms with Gasteiger partial charge in [0.15, 0.2) is 11.5 Å². The van der Waals surface area contributed by atoms with Crippen LogP contribution < -0.4 is 20.2 Å². The summed E-state index contributed by atoms with van der Waals surface area (Å²) >= 11 is 0. The molecule has 0 saturated carbocycles. The zero-order valence-corrected chi connectivity index (χ0v) is 15.0. The molecule has 2 rings (SSSR count). The van der Waals surface area contributed by atoms with Crippen LogP contribution in [-0.2, 0) is 16.2 Å². The van der Waals surface area contributed by atoms with E-state index in [1.54, 1.807) is 18.2 Å². The number of methoxy groups -OCH3 is 1. The van der Waals surface area contributed by atoms with Gasteiger partial charge in [-0.15, -0.1) is 6.58 Å². The van der Waals surface area contributed by atoms with Gasteiger partial charge in [0, 0.05) is 6.54 Å². The van der Waals surface area contributed by atoms with Crippen LogP contribution in [0.1, 0.15) is 11.1 Å². The van der Waals surface area contributed by atoms with E-state index < -0.39 is 11.8 Å². The smallest absolute Gasteiger partial charge is 0.329 e. The molecule has 7 nitrogen and oxygen atoms in total. The van der Waals surface area contributed by atoms with Crippen molar-refractivity contribution < 1.29 is 19.1 Å². The standard InChI is InChI=1S/C20H21N3O4/c1-3-11-21-19(24)20(25)23-22-13-16-9-10-17(18(12-16)26-2)27-14-15-7-5-4-6-8-15/h3-10,12-13H,1,11,14H2,2H3,(H,21,24)(H,23,25)/b22-13-. The van der Waals surface area contributed by atoms with Crippen LogP contribution >= 0.6 is 0 Å². The van der Waals surface area contributed by atoms with Gasteiger partial charge in [0.25, 0.3) is 0 Å². The molecule has 2 amide bonds. The minimum Gasteiger partial charge on any atom is -0.493 e. The Hall–Kier alpha value is -3.61. The molecule has 2 N–H and O–H groups in total. The molecule has 0 saturated heterocycles. The quantitative estimate of drug-likeness (QED) is 0.323. The maximum absolute atomic E-state index is 11.5. The Morgan fingerprint density at radius 1 is 1.11 bits per heavy atom. The molecule has 0 bridgehead atoms. The number of rotatable bonds is 8. The van der Waals surface area contributed by atoms with E-state index in [1.165, 1.54) is 19.4 Å². The predicted molar refractivity (Wildman–Crippen MR) is 103 cm³/mol. The number of ether oxygens (including phenoxy) is 2. The molecule has 2 aromatic rings. The minimum atomic E-state index is -0.858. The van der Waals surface area contributed by atoms with Crippen LogP contribution in [0.2, 0.25) is 0 Å². The minimum absolute atomic E-state index is 0.206. The van der Waals surface area contributed by atoms with E-state index in [1.807, 2.05) is 30.3 Å². The van der Waals surface area contributed by atoms with E-state index in [2.05, 4.69) is 22.4 Å². The maximum atomic E-state index is 11.5. The third-order valence-electron chi connectivity index (χ3n) is 3.42. The summed E-state index contributed by atoms with van der Waals surface area (Å²) in [4.78, 5) is 22.9. The van der Waals surface area contributed by atoms with Gasteiger partial charge in [-0.1, -0.05) is 36.4 Å². The summed E-state index contributed by atoms with van der Waals surface area (Å²) in [5.74, 6) is -0.520. The zero-order valence-electron chi connectivity index (χ0n) is 15.0. The van der Waals surface area contributed by atoms with Crippen molar-refractivity contribution in [3.8, 4) is 11.5 Å². The molecule has 0 aliphatic rings. The largest absolute Gasteiger partial charge is 0.493 e. The summed E-state index contributed by atoms with van der Waals surface area (Å²) in [5, 5.41) is 6.12. The summed E-state index contributed by atoms with van der Waals surface area (Å²) in [5.41, 5.74) is 3.87. The highest BCUT2D eigenvalue weighted by atomic mass is 16.5. The normalized spacial score (nSPS) is 10.3. The van der Waals surface area contributed by atoms with Crippen molar-refractivity contribution in [2.75, 3.05) is 13.7 Å². The zero-order chi connectivity index (χ0) is 19.5. The number of carbonyl (C=O) groups is 2. The molecule has 0 atom stereocenters. The Morgan fingerprint density at radius 3 is 2.59 bits per heavy atom. The van der Waals surface area contributed by atoms with Crippen LogP contribution in [0.25, 0.3) is 0 Å². The van der Waals surface area contributed by atoms with E-state index in [9.17, 15) is 9.59 Å². The molecule has 0 spiro atoms. The number of nitrogens with one attached hydrogen (secondary N) is 2. The van der Waals surface area contributed by atoms with Gasteiger partial charge in [-0.3, -0.25) is 9.59 Å². The van der Waals surface area contributed by atoms with Gasteiger partial charge in [0.1, 0.15) is 6.61 Å². The van der Waals surface area contributed by atoms with Crippen LogP contribution in [0.4, 0.5) is 0 Å². The number of hydrazone groups is 1. The van der Waals surface area contributed by atoms with Crippen LogP contribution in [0.5, 0.6) is 11.5 Å². The second kappa shape index (κ2) is 10.4. The maximum Gasteiger partial charge on any atom is 0.329 e. The monoisotopic (exact) mass is 367 g/mol. The number of hydrogen-bond acceptors (Lipinski definition) is 5. The van der Waals surface area contributed by atoms with Gasteiger partial charge < -0.3 is 14.8 Å². The number of nitrogens with zero attached hydrogens (tertiary/aromatic N) is 1. The van der Waals surface area contributed by atoms with Crippen molar-refractivity contribution in [1.29, 1.82) is 0 Å². The van der Waals surface area contributed by atoms with Gasteiger partial charge >= 0.3 is 11.8 Å². The lowest BCUT2D eigenvalue weighted by molar-refractivity contribution is -0.139. The molecule has 27 heavy (non-hydrogen) atoms. The molecule has 2 aromatic carbocycles. The molecule has 0 aromatic heterocycles. The average Bonchev–Trinajstić information content (AvgIpc) is 2.71. The van der Waals surface area contributed by atoms with Crippen LogP contribution in [0.3, 0.4) is 0 Å². The molecule has 7 heteroatoms. The fourth-order valence-corrected chi connectivity index (χ4v) is 2.08. The van der Waals surface area contributed by atoms with Gasteiger partial charge in [-0.25, -0.2) is 5.43 Å². The highest BCUT2D eigenvalue weighted by Gasteiger charge is 2.10. The van der Waals surface area contributed by atoms with Crippen LogP contribution in [0.15, 0.2) is 66.3 Å². The topological polar surface area (TPSA) is 89.0 Å².